The second-order valence-corrected chi connectivity index (χ2v) is 6.95. The first-order valence-electron chi connectivity index (χ1n) is 9.73. The molecule has 2 aromatic carbocycles. The number of aromatic amines is 1. The summed E-state index contributed by atoms with van der Waals surface area (Å²) in [7, 11) is 0. The molecule has 0 atom stereocenters. The minimum atomic E-state index is -0.582. The number of hydrogen-bond donors (Lipinski definition) is 2. The summed E-state index contributed by atoms with van der Waals surface area (Å²) in [6, 6.07) is 13.8. The van der Waals surface area contributed by atoms with Gasteiger partial charge in [-0.15, -0.1) is 0 Å². The highest BCUT2D eigenvalue weighted by atomic mass is 16.6. The third kappa shape index (κ3) is 4.42. The molecule has 0 bridgehead atoms. The van der Waals surface area contributed by atoms with Crippen LogP contribution in [0.5, 0.6) is 5.88 Å². The van der Waals surface area contributed by atoms with Crippen molar-refractivity contribution in [3.8, 4) is 17.0 Å². The Balaban J connectivity index is 1.55. The van der Waals surface area contributed by atoms with E-state index in [0.29, 0.717) is 42.8 Å². The van der Waals surface area contributed by atoms with Crippen LogP contribution in [0.25, 0.3) is 22.0 Å². The minimum absolute atomic E-state index is 0.0276. The summed E-state index contributed by atoms with van der Waals surface area (Å²) >= 11 is 0. The largest absolute Gasteiger partial charge is 0.413 e. The number of nitrogens with zero attached hydrogens (tertiary/aromatic N) is 2. The molecule has 3 aromatic rings. The number of nitro benzene ring substituents is 1. The summed E-state index contributed by atoms with van der Waals surface area (Å²) < 4.78 is 10.9. The van der Waals surface area contributed by atoms with Gasteiger partial charge in [-0.1, -0.05) is 30.3 Å². The molecule has 0 unspecified atom stereocenters. The van der Waals surface area contributed by atoms with Gasteiger partial charge in [0.05, 0.1) is 23.7 Å². The SMILES string of the molecule is O=C(NCCN1CCOCC1)Oc1[nH]c2ccc([N+](=O)[O-])cc2c1-c1ccccc1. The Kier molecular flexibility index (Phi) is 5.92. The Labute approximate surface area is 172 Å². The van der Waals surface area contributed by atoms with Crippen molar-refractivity contribution < 1.29 is 19.2 Å². The standard InChI is InChI=1S/C21H22N4O5/c26-21(22-8-9-24-10-12-29-13-11-24)30-20-19(15-4-2-1-3-5-15)17-14-16(25(27)28)6-7-18(17)23-20/h1-7,14,23H,8-13H2,(H,22,26). The van der Waals surface area contributed by atoms with Crippen molar-refractivity contribution in [2.75, 3.05) is 39.4 Å². The van der Waals surface area contributed by atoms with E-state index in [9.17, 15) is 14.9 Å². The number of carbonyl (C=O) groups is 1. The Bertz CT molecular complexity index is 1040. The van der Waals surface area contributed by atoms with E-state index >= 15 is 0 Å². The Morgan fingerprint density at radius 3 is 2.70 bits per heavy atom. The highest BCUT2D eigenvalue weighted by molar-refractivity contribution is 6.00. The summed E-state index contributed by atoms with van der Waals surface area (Å²) in [6.07, 6.45) is -0.582. The number of non-ortho nitro benzene ring substituents is 1. The first-order chi connectivity index (χ1) is 14.6. The van der Waals surface area contributed by atoms with Gasteiger partial charge >= 0.3 is 6.09 Å². The zero-order chi connectivity index (χ0) is 20.9. The Morgan fingerprint density at radius 2 is 1.97 bits per heavy atom. The Hall–Kier alpha value is -3.43. The average molecular weight is 410 g/mol. The third-order valence-corrected chi connectivity index (χ3v) is 5.02. The smallest absolute Gasteiger partial charge is 0.393 e. The molecule has 2 N–H and O–H groups in total. The van der Waals surface area contributed by atoms with Crippen LogP contribution in [0.1, 0.15) is 0 Å². The number of rotatable bonds is 6. The maximum absolute atomic E-state index is 12.4. The lowest BCUT2D eigenvalue weighted by molar-refractivity contribution is -0.384. The van der Waals surface area contributed by atoms with Crippen molar-refractivity contribution in [1.29, 1.82) is 0 Å². The van der Waals surface area contributed by atoms with E-state index in [1.807, 2.05) is 30.3 Å². The highest BCUT2D eigenvalue weighted by Crippen LogP contribution is 2.38. The van der Waals surface area contributed by atoms with Gasteiger partial charge in [0.15, 0.2) is 0 Å². The van der Waals surface area contributed by atoms with Crippen LogP contribution < -0.4 is 10.1 Å². The lowest BCUT2D eigenvalue weighted by Crippen LogP contribution is -2.41. The van der Waals surface area contributed by atoms with E-state index in [4.69, 9.17) is 9.47 Å². The summed E-state index contributed by atoms with van der Waals surface area (Å²) in [6.45, 7) is 4.25. The topological polar surface area (TPSA) is 110 Å². The number of benzene rings is 2. The number of amides is 1. The number of carbonyl (C=O) groups excluding carboxylic acids is 1. The molecule has 0 radical (unpaired) electrons. The molecule has 1 fully saturated rings. The van der Waals surface area contributed by atoms with E-state index in [2.05, 4.69) is 15.2 Å². The summed E-state index contributed by atoms with van der Waals surface area (Å²) in [5, 5.41) is 14.6. The number of morpholine rings is 1. The third-order valence-electron chi connectivity index (χ3n) is 5.02. The van der Waals surface area contributed by atoms with Gasteiger partial charge in [0, 0.05) is 49.2 Å². The summed E-state index contributed by atoms with van der Waals surface area (Å²) in [4.78, 5) is 28.4. The van der Waals surface area contributed by atoms with Gasteiger partial charge in [-0.05, 0) is 11.6 Å². The molecule has 9 nitrogen and oxygen atoms in total. The predicted molar refractivity (Wildman–Crippen MR) is 112 cm³/mol. The fourth-order valence-corrected chi connectivity index (χ4v) is 3.51. The number of nitrogens with one attached hydrogen (secondary N) is 2. The molecule has 4 rings (SSSR count). The number of H-pyrrole nitrogens is 1. The molecule has 156 valence electrons. The molecular formula is C21H22N4O5. The van der Waals surface area contributed by atoms with Gasteiger partial charge < -0.3 is 19.8 Å². The zero-order valence-corrected chi connectivity index (χ0v) is 16.3. The zero-order valence-electron chi connectivity index (χ0n) is 16.3. The second-order valence-electron chi connectivity index (χ2n) is 6.95. The van der Waals surface area contributed by atoms with Crippen molar-refractivity contribution in [2.24, 2.45) is 0 Å². The molecule has 0 aliphatic carbocycles. The van der Waals surface area contributed by atoms with Crippen LogP contribution in [0.15, 0.2) is 48.5 Å². The van der Waals surface area contributed by atoms with Crippen LogP contribution in [0.3, 0.4) is 0 Å². The number of aromatic nitrogens is 1. The van der Waals surface area contributed by atoms with Crippen molar-refractivity contribution in [2.45, 2.75) is 0 Å². The number of hydrogen-bond acceptors (Lipinski definition) is 6. The molecule has 0 spiro atoms. The molecule has 1 saturated heterocycles. The van der Waals surface area contributed by atoms with Gasteiger partial charge in [-0.2, -0.15) is 0 Å². The van der Waals surface area contributed by atoms with Crippen molar-refractivity contribution in [3.63, 3.8) is 0 Å². The van der Waals surface area contributed by atoms with Crippen molar-refractivity contribution >= 4 is 22.7 Å². The lowest BCUT2D eigenvalue weighted by atomic mass is 10.0. The molecule has 1 amide bonds. The monoisotopic (exact) mass is 410 g/mol. The van der Waals surface area contributed by atoms with Gasteiger partial charge in [0.25, 0.3) is 5.69 Å². The molecule has 0 saturated carbocycles. The molecule has 1 aliphatic heterocycles. The number of fused-ring (bicyclic) bond motifs is 1. The van der Waals surface area contributed by atoms with Crippen LogP contribution >= 0.6 is 0 Å². The maximum atomic E-state index is 12.4. The van der Waals surface area contributed by atoms with Crippen LogP contribution in [0.2, 0.25) is 0 Å². The average Bonchev–Trinajstić information content (AvgIpc) is 3.12. The number of nitro groups is 1. The summed E-state index contributed by atoms with van der Waals surface area (Å²) in [5.41, 5.74) is 2.02. The molecule has 9 heteroatoms. The van der Waals surface area contributed by atoms with Gasteiger partial charge in [0.1, 0.15) is 0 Å². The first-order valence-corrected chi connectivity index (χ1v) is 9.73. The molecule has 1 aliphatic rings. The van der Waals surface area contributed by atoms with E-state index < -0.39 is 11.0 Å². The van der Waals surface area contributed by atoms with E-state index in [-0.39, 0.29) is 11.6 Å². The fraction of sp³-hybridized carbons (Fsp3) is 0.286. The molecule has 1 aromatic heterocycles. The summed E-state index contributed by atoms with van der Waals surface area (Å²) in [5.74, 6) is 0.251. The van der Waals surface area contributed by atoms with Gasteiger partial charge in [-0.25, -0.2) is 4.79 Å². The molecular weight excluding hydrogens is 388 g/mol. The molecule has 30 heavy (non-hydrogen) atoms. The van der Waals surface area contributed by atoms with Crippen LogP contribution in [0.4, 0.5) is 10.5 Å². The van der Waals surface area contributed by atoms with Crippen LogP contribution in [-0.4, -0.2) is 60.3 Å². The van der Waals surface area contributed by atoms with E-state index in [1.165, 1.54) is 12.1 Å². The van der Waals surface area contributed by atoms with Crippen LogP contribution in [0, 0.1) is 10.1 Å². The van der Waals surface area contributed by atoms with Crippen molar-refractivity contribution in [1.82, 2.24) is 15.2 Å². The normalized spacial score (nSPS) is 14.5. The van der Waals surface area contributed by atoms with Crippen molar-refractivity contribution in [3.05, 3.63) is 58.6 Å². The predicted octanol–water partition coefficient (Wildman–Crippen LogP) is 3.16. The highest BCUT2D eigenvalue weighted by Gasteiger charge is 2.20. The molecule has 2 heterocycles. The first kappa shape index (κ1) is 19.9. The lowest BCUT2D eigenvalue weighted by Gasteiger charge is -2.26. The number of ether oxygens (including phenoxy) is 2. The van der Waals surface area contributed by atoms with E-state index in [0.717, 1.165) is 18.7 Å². The van der Waals surface area contributed by atoms with Gasteiger partial charge in [0.2, 0.25) is 5.88 Å². The van der Waals surface area contributed by atoms with Gasteiger partial charge in [-0.3, -0.25) is 15.0 Å². The second kappa shape index (κ2) is 8.93. The maximum Gasteiger partial charge on any atom is 0.413 e. The minimum Gasteiger partial charge on any atom is -0.393 e. The van der Waals surface area contributed by atoms with Crippen LogP contribution in [-0.2, 0) is 4.74 Å². The van der Waals surface area contributed by atoms with E-state index in [1.54, 1.807) is 6.07 Å². The fourth-order valence-electron chi connectivity index (χ4n) is 3.51. The quantitative estimate of drug-likeness (QED) is 0.477. The Morgan fingerprint density at radius 1 is 1.20 bits per heavy atom.